The first-order valence-corrected chi connectivity index (χ1v) is 11.8. The number of halogens is 1. The molecule has 0 radical (unpaired) electrons. The van der Waals surface area contributed by atoms with Crippen LogP contribution in [0.5, 0.6) is 0 Å². The maximum absolute atomic E-state index is 12.9. The molecule has 0 unspecified atom stereocenters. The molecule has 2 aromatic heterocycles. The summed E-state index contributed by atoms with van der Waals surface area (Å²) in [6, 6.07) is 16.0. The normalized spacial score (nSPS) is 11.0. The van der Waals surface area contributed by atoms with E-state index in [-0.39, 0.29) is 23.0 Å². The Balaban J connectivity index is 1.30. The Hall–Kier alpha value is -2.97. The van der Waals surface area contributed by atoms with Crippen LogP contribution < -0.4 is 10.9 Å². The Morgan fingerprint density at radius 3 is 2.68 bits per heavy atom. The van der Waals surface area contributed by atoms with E-state index in [0.717, 1.165) is 16.7 Å². The summed E-state index contributed by atoms with van der Waals surface area (Å²) in [6.45, 7) is 0.490. The molecule has 8 heteroatoms. The lowest BCUT2D eigenvalue weighted by molar-refractivity contribution is -0.118. The van der Waals surface area contributed by atoms with Crippen LogP contribution in [0.25, 0.3) is 21.3 Å². The summed E-state index contributed by atoms with van der Waals surface area (Å²) in [5, 5.41) is 5.40. The molecule has 4 rings (SSSR count). The molecule has 0 aliphatic heterocycles. The van der Waals surface area contributed by atoms with Crippen LogP contribution in [0.3, 0.4) is 0 Å². The molecule has 158 valence electrons. The maximum atomic E-state index is 12.9. The van der Waals surface area contributed by atoms with Gasteiger partial charge < -0.3 is 10.3 Å². The number of benzene rings is 2. The number of hydrogen-bond donors (Lipinski definition) is 2. The van der Waals surface area contributed by atoms with Crippen molar-refractivity contribution >= 4 is 39.2 Å². The third-order valence-electron chi connectivity index (χ3n) is 4.70. The highest BCUT2D eigenvalue weighted by Gasteiger charge is 2.13. The van der Waals surface area contributed by atoms with E-state index in [0.29, 0.717) is 34.8 Å². The molecular weight excluding hydrogens is 433 g/mol. The van der Waals surface area contributed by atoms with Crippen molar-refractivity contribution in [1.29, 1.82) is 0 Å². The Labute approximate surface area is 186 Å². The third-order valence-corrected chi connectivity index (χ3v) is 6.51. The van der Waals surface area contributed by atoms with Gasteiger partial charge in [0.1, 0.15) is 16.5 Å². The standard InChI is InChI=1S/C23H20FN3O2S2/c24-17-8-6-15(7-9-17)10-11-25-20(28)14-30-13-19-26-22(29)21-18(12-31-23(21)27-19)16-4-2-1-3-5-16/h1-9,12H,10-11,13-14H2,(H,25,28)(H,26,27,29). The Kier molecular flexibility index (Phi) is 6.79. The number of carbonyl (C=O) groups excluding carboxylic acids is 1. The summed E-state index contributed by atoms with van der Waals surface area (Å²) in [5.41, 5.74) is 2.68. The summed E-state index contributed by atoms with van der Waals surface area (Å²) < 4.78 is 12.9. The zero-order chi connectivity index (χ0) is 21.6. The van der Waals surface area contributed by atoms with Gasteiger partial charge in [-0.15, -0.1) is 23.1 Å². The van der Waals surface area contributed by atoms with Crippen molar-refractivity contribution in [2.24, 2.45) is 0 Å². The van der Waals surface area contributed by atoms with Gasteiger partial charge in [-0.05, 0) is 29.7 Å². The van der Waals surface area contributed by atoms with Crippen LogP contribution in [-0.4, -0.2) is 28.2 Å². The lowest BCUT2D eigenvalue weighted by atomic mass is 10.1. The number of thiophene rings is 1. The number of nitrogens with one attached hydrogen (secondary N) is 2. The fraction of sp³-hybridized carbons (Fsp3) is 0.174. The number of carbonyl (C=O) groups is 1. The molecule has 2 aromatic carbocycles. The summed E-state index contributed by atoms with van der Waals surface area (Å²) in [5.74, 6) is 0.911. The highest BCUT2D eigenvalue weighted by atomic mass is 32.2. The molecule has 5 nitrogen and oxygen atoms in total. The molecule has 0 saturated heterocycles. The first-order valence-electron chi connectivity index (χ1n) is 9.75. The molecule has 0 atom stereocenters. The quantitative estimate of drug-likeness (QED) is 0.415. The number of aromatic nitrogens is 2. The van der Waals surface area contributed by atoms with E-state index in [4.69, 9.17) is 0 Å². The van der Waals surface area contributed by atoms with Gasteiger partial charge in [0.2, 0.25) is 5.91 Å². The van der Waals surface area contributed by atoms with Crippen LogP contribution in [0.15, 0.2) is 64.8 Å². The fourth-order valence-electron chi connectivity index (χ4n) is 3.18. The second-order valence-corrected chi connectivity index (χ2v) is 8.77. The molecule has 4 aromatic rings. The number of aromatic amines is 1. The van der Waals surface area contributed by atoms with Crippen molar-refractivity contribution in [3.05, 3.63) is 87.5 Å². The summed E-state index contributed by atoms with van der Waals surface area (Å²) >= 11 is 2.84. The van der Waals surface area contributed by atoms with Gasteiger partial charge >= 0.3 is 0 Å². The van der Waals surface area contributed by atoms with Gasteiger partial charge in [-0.3, -0.25) is 9.59 Å². The van der Waals surface area contributed by atoms with Crippen molar-refractivity contribution in [3.63, 3.8) is 0 Å². The number of hydrogen-bond acceptors (Lipinski definition) is 5. The van der Waals surface area contributed by atoms with Gasteiger partial charge in [0.05, 0.1) is 16.9 Å². The van der Waals surface area contributed by atoms with E-state index in [1.807, 2.05) is 35.7 Å². The average Bonchev–Trinajstić information content (AvgIpc) is 3.20. The topological polar surface area (TPSA) is 74.8 Å². The van der Waals surface area contributed by atoms with Gasteiger partial charge in [-0.1, -0.05) is 42.5 Å². The largest absolute Gasteiger partial charge is 0.355 e. The van der Waals surface area contributed by atoms with Crippen LogP contribution in [-0.2, 0) is 17.0 Å². The molecule has 2 heterocycles. The smallest absolute Gasteiger partial charge is 0.260 e. The van der Waals surface area contributed by atoms with E-state index in [9.17, 15) is 14.0 Å². The molecule has 0 saturated carbocycles. The Morgan fingerprint density at radius 1 is 1.13 bits per heavy atom. The van der Waals surface area contributed by atoms with Crippen molar-refractivity contribution in [3.8, 4) is 11.1 Å². The van der Waals surface area contributed by atoms with Crippen LogP contribution in [0.4, 0.5) is 4.39 Å². The minimum absolute atomic E-state index is 0.0852. The first-order chi connectivity index (χ1) is 15.1. The SMILES string of the molecule is O=C(CSCc1nc2scc(-c3ccccc3)c2c(=O)[nH]1)NCCc1ccc(F)cc1. The van der Waals surface area contributed by atoms with Crippen LogP contribution >= 0.6 is 23.1 Å². The minimum Gasteiger partial charge on any atom is -0.355 e. The van der Waals surface area contributed by atoms with Crippen molar-refractivity contribution in [2.45, 2.75) is 12.2 Å². The van der Waals surface area contributed by atoms with E-state index >= 15 is 0 Å². The molecule has 0 fully saturated rings. The average molecular weight is 454 g/mol. The third kappa shape index (κ3) is 5.39. The predicted molar refractivity (Wildman–Crippen MR) is 125 cm³/mol. The molecular formula is C23H20FN3O2S2. The highest BCUT2D eigenvalue weighted by molar-refractivity contribution is 7.99. The van der Waals surface area contributed by atoms with E-state index in [2.05, 4.69) is 15.3 Å². The van der Waals surface area contributed by atoms with Crippen LogP contribution in [0.2, 0.25) is 0 Å². The molecule has 0 aliphatic carbocycles. The molecule has 1 amide bonds. The molecule has 0 spiro atoms. The number of nitrogens with zero attached hydrogens (tertiary/aromatic N) is 1. The number of thioether (sulfide) groups is 1. The maximum Gasteiger partial charge on any atom is 0.260 e. The molecule has 0 bridgehead atoms. The monoisotopic (exact) mass is 453 g/mol. The Morgan fingerprint density at radius 2 is 1.90 bits per heavy atom. The van der Waals surface area contributed by atoms with Crippen molar-refractivity contribution in [2.75, 3.05) is 12.3 Å². The van der Waals surface area contributed by atoms with E-state index < -0.39 is 0 Å². The predicted octanol–water partition coefficient (Wildman–Crippen LogP) is 4.38. The number of H-pyrrole nitrogens is 1. The van der Waals surface area contributed by atoms with E-state index in [1.54, 1.807) is 12.1 Å². The number of fused-ring (bicyclic) bond motifs is 1. The van der Waals surface area contributed by atoms with Gasteiger partial charge in [0.25, 0.3) is 5.56 Å². The van der Waals surface area contributed by atoms with Gasteiger partial charge in [-0.2, -0.15) is 0 Å². The molecule has 31 heavy (non-hydrogen) atoms. The molecule has 2 N–H and O–H groups in total. The minimum atomic E-state index is -0.270. The lowest BCUT2D eigenvalue weighted by Crippen LogP contribution is -2.27. The van der Waals surface area contributed by atoms with Gasteiger partial charge in [0, 0.05) is 17.5 Å². The second kappa shape index (κ2) is 9.89. The molecule has 0 aliphatic rings. The summed E-state index contributed by atoms with van der Waals surface area (Å²) in [6.07, 6.45) is 0.643. The number of amides is 1. The van der Waals surface area contributed by atoms with Gasteiger partial charge in [-0.25, -0.2) is 9.37 Å². The van der Waals surface area contributed by atoms with Gasteiger partial charge in [0.15, 0.2) is 0 Å². The first kappa shape index (κ1) is 21.3. The highest BCUT2D eigenvalue weighted by Crippen LogP contribution is 2.30. The fourth-order valence-corrected chi connectivity index (χ4v) is 4.87. The summed E-state index contributed by atoms with van der Waals surface area (Å²) in [7, 11) is 0. The zero-order valence-corrected chi connectivity index (χ0v) is 18.2. The van der Waals surface area contributed by atoms with E-state index in [1.165, 1.54) is 35.2 Å². The lowest BCUT2D eigenvalue weighted by Gasteiger charge is -2.06. The van der Waals surface area contributed by atoms with Crippen molar-refractivity contribution < 1.29 is 9.18 Å². The zero-order valence-electron chi connectivity index (χ0n) is 16.6. The van der Waals surface area contributed by atoms with Crippen LogP contribution in [0.1, 0.15) is 11.4 Å². The Bertz CT molecular complexity index is 1240. The summed E-state index contributed by atoms with van der Waals surface area (Å²) in [4.78, 5) is 32.8. The number of rotatable bonds is 8. The van der Waals surface area contributed by atoms with Crippen LogP contribution in [0, 0.1) is 5.82 Å². The second-order valence-electron chi connectivity index (χ2n) is 6.93. The van der Waals surface area contributed by atoms with Crippen molar-refractivity contribution in [1.82, 2.24) is 15.3 Å².